The Morgan fingerprint density at radius 1 is 1.45 bits per heavy atom. The number of nitrogens with zero attached hydrogens (tertiary/aromatic N) is 1. The largest absolute Gasteiger partial charge is 0.397 e. The number of amides is 1. The summed E-state index contributed by atoms with van der Waals surface area (Å²) in [6.07, 6.45) is 3.65. The number of nitrogen functional groups attached to an aromatic ring is 1. The minimum atomic E-state index is -0.0941. The van der Waals surface area contributed by atoms with Gasteiger partial charge in [-0.05, 0) is 43.4 Å². The van der Waals surface area contributed by atoms with E-state index in [-0.39, 0.29) is 5.91 Å². The van der Waals surface area contributed by atoms with E-state index in [9.17, 15) is 4.79 Å². The van der Waals surface area contributed by atoms with Crippen LogP contribution in [0.15, 0.2) is 18.2 Å². The molecule has 0 radical (unpaired) electrons. The van der Waals surface area contributed by atoms with Crippen LogP contribution in [0.5, 0.6) is 0 Å². The molecule has 0 atom stereocenters. The highest BCUT2D eigenvalue weighted by atomic mass is 16.1. The van der Waals surface area contributed by atoms with Gasteiger partial charge in [-0.15, -0.1) is 0 Å². The number of hydrogen-bond acceptors (Lipinski definition) is 3. The molecule has 0 spiro atoms. The zero-order valence-electron chi connectivity index (χ0n) is 12.6. The van der Waals surface area contributed by atoms with Gasteiger partial charge in [0.05, 0.1) is 11.4 Å². The number of rotatable bonds is 6. The molecule has 4 nitrogen and oxygen atoms in total. The van der Waals surface area contributed by atoms with Crippen molar-refractivity contribution in [2.24, 2.45) is 5.92 Å². The number of carbonyl (C=O) groups is 1. The van der Waals surface area contributed by atoms with E-state index in [2.05, 4.69) is 24.1 Å². The molecule has 0 unspecified atom stereocenters. The SMILES string of the molecule is CNC(=O)c1ccc(N(CCC(C)C)C2CC2)c(N)c1. The van der Waals surface area contributed by atoms with Crippen LogP contribution in [0, 0.1) is 5.92 Å². The molecule has 1 amide bonds. The third kappa shape index (κ3) is 3.44. The summed E-state index contributed by atoms with van der Waals surface area (Å²) in [7, 11) is 1.63. The summed E-state index contributed by atoms with van der Waals surface area (Å²) in [6.45, 7) is 5.51. The molecule has 0 saturated heterocycles. The number of nitrogens with one attached hydrogen (secondary N) is 1. The van der Waals surface area contributed by atoms with Crippen molar-refractivity contribution in [3.63, 3.8) is 0 Å². The highest BCUT2D eigenvalue weighted by Crippen LogP contribution is 2.35. The number of anilines is 2. The summed E-state index contributed by atoms with van der Waals surface area (Å²) in [5.41, 5.74) is 8.55. The summed E-state index contributed by atoms with van der Waals surface area (Å²) >= 11 is 0. The maximum Gasteiger partial charge on any atom is 0.251 e. The third-order valence-electron chi connectivity index (χ3n) is 3.76. The molecular formula is C16H25N3O. The molecule has 0 bridgehead atoms. The van der Waals surface area contributed by atoms with Gasteiger partial charge in [0.2, 0.25) is 0 Å². The lowest BCUT2D eigenvalue weighted by molar-refractivity contribution is 0.0963. The zero-order chi connectivity index (χ0) is 14.7. The maximum absolute atomic E-state index is 11.6. The summed E-state index contributed by atoms with van der Waals surface area (Å²) in [5.74, 6) is 0.589. The fourth-order valence-electron chi connectivity index (χ4n) is 2.38. The summed E-state index contributed by atoms with van der Waals surface area (Å²) < 4.78 is 0. The van der Waals surface area contributed by atoms with E-state index in [1.54, 1.807) is 13.1 Å². The van der Waals surface area contributed by atoms with Gasteiger partial charge in [-0.25, -0.2) is 0 Å². The molecule has 1 aromatic rings. The van der Waals surface area contributed by atoms with Gasteiger partial charge in [-0.2, -0.15) is 0 Å². The molecule has 20 heavy (non-hydrogen) atoms. The van der Waals surface area contributed by atoms with Gasteiger partial charge in [-0.3, -0.25) is 4.79 Å². The molecular weight excluding hydrogens is 250 g/mol. The fourth-order valence-corrected chi connectivity index (χ4v) is 2.38. The average Bonchev–Trinajstić information content (AvgIpc) is 3.23. The number of carbonyl (C=O) groups excluding carboxylic acids is 1. The number of benzene rings is 1. The van der Waals surface area contributed by atoms with Gasteiger partial charge in [0.15, 0.2) is 0 Å². The molecule has 3 N–H and O–H groups in total. The first kappa shape index (κ1) is 14.7. The van der Waals surface area contributed by atoms with Crippen LogP contribution in [-0.2, 0) is 0 Å². The van der Waals surface area contributed by atoms with Crippen molar-refractivity contribution in [3.05, 3.63) is 23.8 Å². The van der Waals surface area contributed by atoms with Crippen LogP contribution in [0.2, 0.25) is 0 Å². The first-order chi connectivity index (χ1) is 9.52. The van der Waals surface area contributed by atoms with Gasteiger partial charge >= 0.3 is 0 Å². The van der Waals surface area contributed by atoms with E-state index in [0.717, 1.165) is 18.7 Å². The molecule has 1 aliphatic rings. The van der Waals surface area contributed by atoms with Crippen molar-refractivity contribution in [3.8, 4) is 0 Å². The van der Waals surface area contributed by atoms with Crippen molar-refractivity contribution in [1.82, 2.24) is 5.32 Å². The molecule has 4 heteroatoms. The normalized spacial score (nSPS) is 14.4. The second kappa shape index (κ2) is 6.16. The lowest BCUT2D eigenvalue weighted by Gasteiger charge is -2.27. The summed E-state index contributed by atoms with van der Waals surface area (Å²) in [5, 5.41) is 2.62. The van der Waals surface area contributed by atoms with Crippen molar-refractivity contribution in [2.45, 2.75) is 39.2 Å². The van der Waals surface area contributed by atoms with Crippen LogP contribution in [0.1, 0.15) is 43.5 Å². The molecule has 1 saturated carbocycles. The van der Waals surface area contributed by atoms with E-state index >= 15 is 0 Å². The number of nitrogens with two attached hydrogens (primary N) is 1. The van der Waals surface area contributed by atoms with Crippen LogP contribution in [0.3, 0.4) is 0 Å². The van der Waals surface area contributed by atoms with Gasteiger partial charge in [0.25, 0.3) is 5.91 Å². The average molecular weight is 275 g/mol. The predicted octanol–water partition coefficient (Wildman–Crippen LogP) is 2.64. The second-order valence-corrected chi connectivity index (χ2v) is 5.96. The lowest BCUT2D eigenvalue weighted by Crippen LogP contribution is -2.28. The number of hydrogen-bond donors (Lipinski definition) is 2. The molecule has 0 aliphatic heterocycles. The van der Waals surface area contributed by atoms with Gasteiger partial charge < -0.3 is 16.0 Å². The van der Waals surface area contributed by atoms with Crippen molar-refractivity contribution in [2.75, 3.05) is 24.2 Å². The molecule has 1 fully saturated rings. The third-order valence-corrected chi connectivity index (χ3v) is 3.76. The first-order valence-electron chi connectivity index (χ1n) is 7.41. The van der Waals surface area contributed by atoms with Crippen LogP contribution in [0.25, 0.3) is 0 Å². The van der Waals surface area contributed by atoms with Crippen molar-refractivity contribution >= 4 is 17.3 Å². The van der Waals surface area contributed by atoms with E-state index in [4.69, 9.17) is 5.73 Å². The van der Waals surface area contributed by atoms with Gasteiger partial charge in [-0.1, -0.05) is 13.8 Å². The zero-order valence-corrected chi connectivity index (χ0v) is 12.6. The minimum Gasteiger partial charge on any atom is -0.397 e. The van der Waals surface area contributed by atoms with Crippen molar-refractivity contribution < 1.29 is 4.79 Å². The van der Waals surface area contributed by atoms with Crippen LogP contribution in [-0.4, -0.2) is 25.5 Å². The Hall–Kier alpha value is -1.71. The monoisotopic (exact) mass is 275 g/mol. The van der Waals surface area contributed by atoms with Crippen LogP contribution >= 0.6 is 0 Å². The van der Waals surface area contributed by atoms with E-state index in [1.807, 2.05) is 12.1 Å². The Morgan fingerprint density at radius 2 is 2.15 bits per heavy atom. The molecule has 0 heterocycles. The van der Waals surface area contributed by atoms with Crippen LogP contribution < -0.4 is 16.0 Å². The highest BCUT2D eigenvalue weighted by Gasteiger charge is 2.30. The maximum atomic E-state index is 11.6. The van der Waals surface area contributed by atoms with E-state index in [1.165, 1.54) is 12.8 Å². The Morgan fingerprint density at radius 3 is 2.65 bits per heavy atom. The van der Waals surface area contributed by atoms with Gasteiger partial charge in [0.1, 0.15) is 0 Å². The highest BCUT2D eigenvalue weighted by molar-refractivity contribution is 5.96. The van der Waals surface area contributed by atoms with Crippen molar-refractivity contribution in [1.29, 1.82) is 0 Å². The lowest BCUT2D eigenvalue weighted by atomic mass is 10.1. The Bertz CT molecular complexity index is 481. The predicted molar refractivity (Wildman–Crippen MR) is 84.1 cm³/mol. The minimum absolute atomic E-state index is 0.0941. The standard InChI is InChI=1S/C16H25N3O/c1-11(2)8-9-19(13-5-6-13)15-7-4-12(10-14(15)17)16(20)18-3/h4,7,10-11,13H,5-6,8-9,17H2,1-3H3,(H,18,20). The van der Waals surface area contributed by atoms with E-state index < -0.39 is 0 Å². The summed E-state index contributed by atoms with van der Waals surface area (Å²) in [6, 6.07) is 6.24. The Kier molecular flexibility index (Phi) is 4.53. The van der Waals surface area contributed by atoms with Crippen LogP contribution in [0.4, 0.5) is 11.4 Å². The second-order valence-electron chi connectivity index (χ2n) is 5.96. The molecule has 1 aliphatic carbocycles. The summed E-state index contributed by atoms with van der Waals surface area (Å²) in [4.78, 5) is 14.0. The molecule has 2 rings (SSSR count). The molecule has 1 aromatic carbocycles. The Balaban J connectivity index is 2.18. The van der Waals surface area contributed by atoms with Gasteiger partial charge in [0, 0.05) is 25.2 Å². The quantitative estimate of drug-likeness (QED) is 0.785. The van der Waals surface area contributed by atoms with E-state index in [0.29, 0.717) is 23.2 Å². The Labute approximate surface area is 121 Å². The molecule has 110 valence electrons. The first-order valence-corrected chi connectivity index (χ1v) is 7.41. The smallest absolute Gasteiger partial charge is 0.251 e. The topological polar surface area (TPSA) is 58.4 Å². The fraction of sp³-hybridized carbons (Fsp3) is 0.562. The molecule has 0 aromatic heterocycles.